The summed E-state index contributed by atoms with van der Waals surface area (Å²) in [5.74, 6) is -0.0523. The number of aryl methyl sites for hydroxylation is 1. The Morgan fingerprint density at radius 1 is 1.24 bits per heavy atom. The van der Waals surface area contributed by atoms with E-state index in [-0.39, 0.29) is 12.3 Å². The van der Waals surface area contributed by atoms with Gasteiger partial charge >= 0.3 is 5.97 Å². The summed E-state index contributed by atoms with van der Waals surface area (Å²) in [6.07, 6.45) is 1.06. The molecule has 0 aromatic heterocycles. The fraction of sp³-hybridized carbons (Fsp3) is 0.278. The van der Waals surface area contributed by atoms with Crippen LogP contribution in [0, 0.1) is 0 Å². The first-order chi connectivity index (χ1) is 10.2. The molecule has 21 heavy (non-hydrogen) atoms. The molecule has 0 saturated heterocycles. The minimum atomic E-state index is -0.775. The Balaban J connectivity index is 2.23. The zero-order valence-electron chi connectivity index (χ0n) is 12.2. The summed E-state index contributed by atoms with van der Waals surface area (Å²) < 4.78 is 5.48. The van der Waals surface area contributed by atoms with Gasteiger partial charge in [0.25, 0.3) is 0 Å². The van der Waals surface area contributed by atoms with Crippen molar-refractivity contribution in [2.75, 3.05) is 7.11 Å². The molecule has 0 spiro atoms. The lowest BCUT2D eigenvalue weighted by Crippen LogP contribution is -2.05. The number of rotatable bonds is 4. The van der Waals surface area contributed by atoms with Gasteiger partial charge in [0.05, 0.1) is 13.5 Å². The molecule has 0 heterocycles. The highest BCUT2D eigenvalue weighted by Gasteiger charge is 2.32. The molecule has 3 heteroatoms. The molecule has 1 N–H and O–H groups in total. The number of ether oxygens (including phenoxy) is 1. The first kappa shape index (κ1) is 13.7. The highest BCUT2D eigenvalue weighted by molar-refractivity contribution is 5.85. The Labute approximate surface area is 124 Å². The van der Waals surface area contributed by atoms with Gasteiger partial charge in [-0.3, -0.25) is 4.79 Å². The largest absolute Gasteiger partial charge is 0.496 e. The number of carboxylic acids is 1. The number of carbonyl (C=O) groups is 1. The van der Waals surface area contributed by atoms with Crippen LogP contribution in [0.1, 0.15) is 36.0 Å². The van der Waals surface area contributed by atoms with Crippen LogP contribution in [0.25, 0.3) is 11.1 Å². The normalized spacial score (nSPS) is 15.4. The number of hydrogen-bond donors (Lipinski definition) is 1. The van der Waals surface area contributed by atoms with Crippen LogP contribution >= 0.6 is 0 Å². The molecule has 1 atom stereocenters. The van der Waals surface area contributed by atoms with Gasteiger partial charge in [-0.25, -0.2) is 0 Å². The molecule has 0 bridgehead atoms. The zero-order valence-corrected chi connectivity index (χ0v) is 12.2. The third-order valence-electron chi connectivity index (χ3n) is 4.20. The summed E-state index contributed by atoms with van der Waals surface area (Å²) in [5.41, 5.74) is 5.54. The number of aliphatic carboxylic acids is 1. The van der Waals surface area contributed by atoms with Gasteiger partial charge in [0.1, 0.15) is 5.75 Å². The summed E-state index contributed by atoms with van der Waals surface area (Å²) in [6, 6.07) is 12.2. The highest BCUT2D eigenvalue weighted by Crippen LogP contribution is 2.50. The molecule has 0 aliphatic heterocycles. The van der Waals surface area contributed by atoms with Crippen LogP contribution in [0.2, 0.25) is 0 Å². The minimum Gasteiger partial charge on any atom is -0.496 e. The Bertz CT molecular complexity index is 704. The molecule has 3 nitrogen and oxygen atoms in total. The monoisotopic (exact) mass is 282 g/mol. The molecule has 108 valence electrons. The van der Waals surface area contributed by atoms with Gasteiger partial charge in [0, 0.05) is 11.5 Å². The van der Waals surface area contributed by atoms with Crippen LogP contribution in [0.4, 0.5) is 0 Å². The lowest BCUT2D eigenvalue weighted by molar-refractivity contribution is -0.137. The van der Waals surface area contributed by atoms with Gasteiger partial charge in [-0.05, 0) is 34.7 Å². The topological polar surface area (TPSA) is 46.5 Å². The third kappa shape index (κ3) is 2.19. The SMILES string of the molecule is CCc1ccc2c(c1)C(CC(=O)O)c1cccc(OC)c1-2. The minimum absolute atomic E-state index is 0.0888. The molecule has 1 aliphatic carbocycles. The average Bonchev–Trinajstić information content (AvgIpc) is 2.80. The van der Waals surface area contributed by atoms with Crippen LogP contribution in [0.15, 0.2) is 36.4 Å². The van der Waals surface area contributed by atoms with Crippen molar-refractivity contribution in [3.63, 3.8) is 0 Å². The van der Waals surface area contributed by atoms with Crippen LogP contribution in [-0.2, 0) is 11.2 Å². The fourth-order valence-corrected chi connectivity index (χ4v) is 3.21. The van der Waals surface area contributed by atoms with Crippen LogP contribution < -0.4 is 4.74 Å². The predicted molar refractivity (Wildman–Crippen MR) is 81.9 cm³/mol. The predicted octanol–water partition coefficient (Wildman–Crippen LogP) is 3.84. The number of fused-ring (bicyclic) bond motifs is 3. The molecule has 2 aromatic rings. The van der Waals surface area contributed by atoms with E-state index < -0.39 is 5.97 Å². The maximum Gasteiger partial charge on any atom is 0.304 e. The van der Waals surface area contributed by atoms with Crippen molar-refractivity contribution >= 4 is 5.97 Å². The van der Waals surface area contributed by atoms with E-state index in [9.17, 15) is 9.90 Å². The standard InChI is InChI=1S/C18H18O3/c1-3-11-7-8-13-14(9-11)15(10-17(19)20)12-5-4-6-16(21-2)18(12)13/h4-9,15H,3,10H2,1-2H3,(H,19,20). The smallest absolute Gasteiger partial charge is 0.304 e. The molecule has 3 rings (SSSR count). The first-order valence-corrected chi connectivity index (χ1v) is 7.17. The maximum atomic E-state index is 11.3. The van der Waals surface area contributed by atoms with Gasteiger partial charge in [-0.2, -0.15) is 0 Å². The van der Waals surface area contributed by atoms with Crippen molar-refractivity contribution in [1.29, 1.82) is 0 Å². The number of methoxy groups -OCH3 is 1. The molecule has 1 unspecified atom stereocenters. The van der Waals surface area contributed by atoms with Crippen LogP contribution in [0.3, 0.4) is 0 Å². The van der Waals surface area contributed by atoms with E-state index >= 15 is 0 Å². The third-order valence-corrected chi connectivity index (χ3v) is 4.20. The van der Waals surface area contributed by atoms with Crippen LogP contribution in [0.5, 0.6) is 5.75 Å². The van der Waals surface area contributed by atoms with Crippen molar-refractivity contribution in [3.8, 4) is 16.9 Å². The summed E-state index contributed by atoms with van der Waals surface area (Å²) in [4.78, 5) is 11.3. The molecule has 0 fully saturated rings. The Morgan fingerprint density at radius 2 is 2.05 bits per heavy atom. The van der Waals surface area contributed by atoms with Crippen molar-refractivity contribution in [3.05, 3.63) is 53.1 Å². The lowest BCUT2D eigenvalue weighted by atomic mass is 9.92. The van der Waals surface area contributed by atoms with Gasteiger partial charge in [0.15, 0.2) is 0 Å². The fourth-order valence-electron chi connectivity index (χ4n) is 3.21. The second-order valence-corrected chi connectivity index (χ2v) is 5.35. The zero-order chi connectivity index (χ0) is 15.0. The van der Waals surface area contributed by atoms with Crippen LogP contribution in [-0.4, -0.2) is 18.2 Å². The number of carboxylic acid groups (broad SMARTS) is 1. The maximum absolute atomic E-state index is 11.3. The number of benzene rings is 2. The molecular weight excluding hydrogens is 264 g/mol. The second-order valence-electron chi connectivity index (χ2n) is 5.35. The molecule has 0 saturated carbocycles. The van der Waals surface area contributed by atoms with Gasteiger partial charge in [0.2, 0.25) is 0 Å². The summed E-state index contributed by atoms with van der Waals surface area (Å²) in [5, 5.41) is 9.25. The molecule has 0 radical (unpaired) electrons. The van der Waals surface area contributed by atoms with Gasteiger partial charge in [-0.1, -0.05) is 37.3 Å². The Hall–Kier alpha value is -2.29. The van der Waals surface area contributed by atoms with E-state index in [0.717, 1.165) is 34.4 Å². The van der Waals surface area contributed by atoms with E-state index in [1.54, 1.807) is 7.11 Å². The Morgan fingerprint density at radius 3 is 2.71 bits per heavy atom. The van der Waals surface area contributed by atoms with Crippen molar-refractivity contribution in [2.45, 2.75) is 25.7 Å². The van der Waals surface area contributed by atoms with Crippen molar-refractivity contribution in [1.82, 2.24) is 0 Å². The molecule has 0 amide bonds. The second kappa shape index (κ2) is 5.24. The van der Waals surface area contributed by atoms with Gasteiger partial charge < -0.3 is 9.84 Å². The van der Waals surface area contributed by atoms with E-state index in [1.165, 1.54) is 5.56 Å². The van der Waals surface area contributed by atoms with Gasteiger partial charge in [-0.15, -0.1) is 0 Å². The summed E-state index contributed by atoms with van der Waals surface area (Å²) >= 11 is 0. The molecular formula is C18H18O3. The van der Waals surface area contributed by atoms with E-state index in [2.05, 4.69) is 25.1 Å². The lowest BCUT2D eigenvalue weighted by Gasteiger charge is -2.12. The van der Waals surface area contributed by atoms with Crippen molar-refractivity contribution in [2.24, 2.45) is 0 Å². The molecule has 1 aliphatic rings. The number of hydrogen-bond acceptors (Lipinski definition) is 2. The summed E-state index contributed by atoms with van der Waals surface area (Å²) in [6.45, 7) is 2.11. The van der Waals surface area contributed by atoms with E-state index in [4.69, 9.17) is 4.74 Å². The van der Waals surface area contributed by atoms with Crippen molar-refractivity contribution < 1.29 is 14.6 Å². The average molecular weight is 282 g/mol. The highest BCUT2D eigenvalue weighted by atomic mass is 16.5. The first-order valence-electron chi connectivity index (χ1n) is 7.17. The van der Waals surface area contributed by atoms with E-state index in [0.29, 0.717) is 0 Å². The Kier molecular flexibility index (Phi) is 3.42. The quantitative estimate of drug-likeness (QED) is 0.926. The molecule has 2 aromatic carbocycles. The van der Waals surface area contributed by atoms with E-state index in [1.807, 2.05) is 18.2 Å². The summed E-state index contributed by atoms with van der Waals surface area (Å²) in [7, 11) is 1.65.